The van der Waals surface area contributed by atoms with E-state index in [1.165, 1.54) is 4.90 Å². The Hall–Kier alpha value is -2.10. The van der Waals surface area contributed by atoms with Gasteiger partial charge in [0, 0.05) is 22.8 Å². The highest BCUT2D eigenvalue weighted by molar-refractivity contribution is 6.19. The number of phenols is 1. The molecule has 1 aliphatic heterocycles. The molecule has 0 spiro atoms. The van der Waals surface area contributed by atoms with Crippen molar-refractivity contribution in [3.05, 3.63) is 40.5 Å². The van der Waals surface area contributed by atoms with Crippen molar-refractivity contribution in [2.24, 2.45) is 0 Å². The number of benzene rings is 1. The molecule has 0 fully saturated rings. The van der Waals surface area contributed by atoms with Crippen molar-refractivity contribution in [3.8, 4) is 5.75 Å². The van der Waals surface area contributed by atoms with Gasteiger partial charge in [0.1, 0.15) is 5.75 Å². The topological polar surface area (TPSA) is 57.6 Å². The summed E-state index contributed by atoms with van der Waals surface area (Å²) in [6, 6.07) is 6.18. The third-order valence-electron chi connectivity index (χ3n) is 3.95. The minimum absolute atomic E-state index is 0.000993. The molecule has 1 heterocycles. The second-order valence-electron chi connectivity index (χ2n) is 5.41. The second kappa shape index (κ2) is 4.78. The van der Waals surface area contributed by atoms with Gasteiger partial charge in [-0.25, -0.2) is 0 Å². The van der Waals surface area contributed by atoms with Crippen molar-refractivity contribution in [1.82, 2.24) is 4.90 Å². The minimum Gasteiger partial charge on any atom is -0.507 e. The van der Waals surface area contributed by atoms with Gasteiger partial charge >= 0.3 is 0 Å². The lowest BCUT2D eigenvalue weighted by Gasteiger charge is -2.16. The summed E-state index contributed by atoms with van der Waals surface area (Å²) in [4.78, 5) is 25.9. The zero-order chi connectivity index (χ0) is 14.3. The van der Waals surface area contributed by atoms with E-state index in [0.717, 1.165) is 18.4 Å². The van der Waals surface area contributed by atoms with Gasteiger partial charge in [-0.15, -0.1) is 0 Å². The summed E-state index contributed by atoms with van der Waals surface area (Å²) in [6.07, 6.45) is 3.33. The second-order valence-corrected chi connectivity index (χ2v) is 5.41. The number of hydrogen-bond acceptors (Lipinski definition) is 3. The normalized spacial score (nSPS) is 18.8. The van der Waals surface area contributed by atoms with E-state index in [1.54, 1.807) is 12.1 Å². The fourth-order valence-electron chi connectivity index (χ4n) is 2.89. The van der Waals surface area contributed by atoms with Gasteiger partial charge in [0.2, 0.25) is 0 Å². The number of aromatic hydroxyl groups is 1. The Kier molecular flexibility index (Phi) is 3.08. The fraction of sp³-hybridized carbons (Fsp3) is 0.375. The van der Waals surface area contributed by atoms with Crippen LogP contribution in [0.2, 0.25) is 0 Å². The molecule has 1 aromatic rings. The van der Waals surface area contributed by atoms with Crippen LogP contribution in [0, 0.1) is 13.0 Å². The zero-order valence-electron chi connectivity index (χ0n) is 11.4. The molecule has 2 amide bonds. The Morgan fingerprint density at radius 2 is 1.80 bits per heavy atom. The highest BCUT2D eigenvalue weighted by Gasteiger charge is 2.38. The molecular weight excluding hydrogens is 254 g/mol. The molecule has 2 aliphatic rings. The third-order valence-corrected chi connectivity index (χ3v) is 3.95. The van der Waals surface area contributed by atoms with Crippen molar-refractivity contribution in [2.75, 3.05) is 0 Å². The van der Waals surface area contributed by atoms with Crippen LogP contribution >= 0.6 is 0 Å². The van der Waals surface area contributed by atoms with E-state index in [4.69, 9.17) is 0 Å². The van der Waals surface area contributed by atoms with Gasteiger partial charge in [-0.3, -0.25) is 14.5 Å². The summed E-state index contributed by atoms with van der Waals surface area (Å²) >= 11 is 0. The van der Waals surface area contributed by atoms with Crippen molar-refractivity contribution in [2.45, 2.75) is 39.2 Å². The molecule has 4 heteroatoms. The number of carbonyl (C=O) groups is 2. The van der Waals surface area contributed by atoms with Crippen LogP contribution < -0.4 is 0 Å². The first-order valence-electron chi connectivity index (χ1n) is 6.86. The maximum Gasteiger partial charge on any atom is 0.257 e. The number of aryl methyl sites for hydroxylation is 1. The number of hydrogen-bond donors (Lipinski definition) is 1. The molecule has 1 N–H and O–H groups in total. The Morgan fingerprint density at radius 1 is 1.20 bits per heavy atom. The summed E-state index contributed by atoms with van der Waals surface area (Å²) < 4.78 is 0. The average Bonchev–Trinajstić information content (AvgIpc) is 2.68. The van der Waals surface area contributed by atoms with Gasteiger partial charge < -0.3 is 5.11 Å². The molecule has 1 aromatic carbocycles. The van der Waals surface area contributed by atoms with Crippen LogP contribution in [0.3, 0.4) is 0 Å². The van der Waals surface area contributed by atoms with Gasteiger partial charge in [0.15, 0.2) is 0 Å². The Balaban J connectivity index is 1.88. The molecule has 103 valence electrons. The number of nitrogens with zero attached hydrogens (tertiary/aromatic N) is 1. The van der Waals surface area contributed by atoms with Crippen LogP contribution in [0.1, 0.15) is 36.8 Å². The molecule has 1 radical (unpaired) electrons. The van der Waals surface area contributed by atoms with E-state index in [0.29, 0.717) is 29.6 Å². The molecule has 1 aliphatic carbocycles. The summed E-state index contributed by atoms with van der Waals surface area (Å²) in [5, 5.41) is 9.81. The maximum atomic E-state index is 12.3. The van der Waals surface area contributed by atoms with Crippen LogP contribution in [-0.4, -0.2) is 21.8 Å². The number of rotatable bonds is 2. The lowest BCUT2D eigenvalue weighted by molar-refractivity contribution is -0.138. The van der Waals surface area contributed by atoms with Gasteiger partial charge in [-0.2, -0.15) is 0 Å². The SMILES string of the molecule is Cc1c[c]c(O)c(CN2C(=O)C3=C(CCCC3)C2=O)c1. The molecule has 20 heavy (non-hydrogen) atoms. The summed E-state index contributed by atoms with van der Waals surface area (Å²) in [5.74, 6) is -0.378. The van der Waals surface area contributed by atoms with E-state index >= 15 is 0 Å². The Morgan fingerprint density at radius 3 is 2.40 bits per heavy atom. The highest BCUT2D eigenvalue weighted by atomic mass is 16.3. The standard InChI is InChI=1S/C16H16NO3/c1-10-6-7-14(18)11(8-10)9-17-15(19)12-4-2-3-5-13(12)16(17)20/h6,8,18H,2-5,9H2,1H3. The maximum absolute atomic E-state index is 12.3. The van der Waals surface area contributed by atoms with E-state index in [9.17, 15) is 14.7 Å². The molecule has 0 saturated carbocycles. The van der Waals surface area contributed by atoms with Gasteiger partial charge in [0.05, 0.1) is 6.54 Å². The first-order chi connectivity index (χ1) is 9.58. The van der Waals surface area contributed by atoms with Crippen molar-refractivity contribution in [3.63, 3.8) is 0 Å². The smallest absolute Gasteiger partial charge is 0.257 e. The van der Waals surface area contributed by atoms with Crippen LogP contribution in [0.15, 0.2) is 23.3 Å². The number of carbonyl (C=O) groups excluding carboxylic acids is 2. The van der Waals surface area contributed by atoms with E-state index < -0.39 is 0 Å². The lowest BCUT2D eigenvalue weighted by atomic mass is 9.93. The van der Waals surface area contributed by atoms with Crippen LogP contribution in [-0.2, 0) is 16.1 Å². The quantitative estimate of drug-likeness (QED) is 0.838. The molecular formula is C16H16NO3. The molecule has 0 atom stereocenters. The molecule has 3 rings (SSSR count). The molecule has 4 nitrogen and oxygen atoms in total. The lowest BCUT2D eigenvalue weighted by Crippen LogP contribution is -2.31. The largest absolute Gasteiger partial charge is 0.507 e. The van der Waals surface area contributed by atoms with Crippen LogP contribution in [0.25, 0.3) is 0 Å². The van der Waals surface area contributed by atoms with Crippen molar-refractivity contribution in [1.29, 1.82) is 0 Å². The monoisotopic (exact) mass is 270 g/mol. The van der Waals surface area contributed by atoms with E-state index in [-0.39, 0.29) is 24.1 Å². The van der Waals surface area contributed by atoms with Gasteiger partial charge in [0.25, 0.3) is 11.8 Å². The van der Waals surface area contributed by atoms with Crippen molar-refractivity contribution >= 4 is 11.8 Å². The number of phenolic OH excluding ortho intramolecular Hbond substituents is 1. The predicted molar refractivity (Wildman–Crippen MR) is 72.7 cm³/mol. The highest BCUT2D eigenvalue weighted by Crippen LogP contribution is 2.34. The number of imide groups is 1. The summed E-state index contributed by atoms with van der Waals surface area (Å²) in [6.45, 7) is 2.00. The van der Waals surface area contributed by atoms with E-state index in [2.05, 4.69) is 6.07 Å². The molecule has 0 saturated heterocycles. The van der Waals surface area contributed by atoms with Crippen LogP contribution in [0.4, 0.5) is 0 Å². The zero-order valence-corrected chi connectivity index (χ0v) is 11.4. The Bertz CT molecular complexity index is 603. The third kappa shape index (κ3) is 2.01. The number of amides is 2. The summed E-state index contributed by atoms with van der Waals surface area (Å²) in [7, 11) is 0. The average molecular weight is 270 g/mol. The predicted octanol–water partition coefficient (Wildman–Crippen LogP) is 2.24. The summed E-state index contributed by atoms with van der Waals surface area (Å²) in [5.41, 5.74) is 2.86. The fourth-order valence-corrected chi connectivity index (χ4v) is 2.89. The minimum atomic E-state index is -0.189. The molecule has 0 bridgehead atoms. The van der Waals surface area contributed by atoms with Crippen molar-refractivity contribution < 1.29 is 14.7 Å². The Labute approximate surface area is 117 Å². The van der Waals surface area contributed by atoms with Gasteiger partial charge in [-0.1, -0.05) is 6.07 Å². The molecule has 0 aromatic heterocycles. The van der Waals surface area contributed by atoms with Gasteiger partial charge in [-0.05, 0) is 44.2 Å². The first kappa shape index (κ1) is 12.9. The van der Waals surface area contributed by atoms with Crippen LogP contribution in [0.5, 0.6) is 5.75 Å². The first-order valence-corrected chi connectivity index (χ1v) is 6.86. The van der Waals surface area contributed by atoms with E-state index in [1.807, 2.05) is 6.92 Å². The molecule has 0 unspecified atom stereocenters.